The molecule has 0 fully saturated rings. The third kappa shape index (κ3) is 2.44. The van der Waals surface area contributed by atoms with Crippen LogP contribution in [0.1, 0.15) is 18.5 Å². The van der Waals surface area contributed by atoms with Gasteiger partial charge in [0, 0.05) is 31.0 Å². The number of pyridine rings is 1. The van der Waals surface area contributed by atoms with Crippen molar-refractivity contribution in [2.45, 2.75) is 13.0 Å². The molecule has 0 aliphatic heterocycles. The molecular weight excluding hydrogens is 306 g/mol. The minimum absolute atomic E-state index is 0.107. The van der Waals surface area contributed by atoms with Gasteiger partial charge in [-0.1, -0.05) is 6.07 Å². The van der Waals surface area contributed by atoms with Gasteiger partial charge in [-0.2, -0.15) is 0 Å². The Morgan fingerprint density at radius 2 is 2.26 bits per heavy atom. The van der Waals surface area contributed by atoms with Crippen LogP contribution in [0, 0.1) is 0 Å². The summed E-state index contributed by atoms with van der Waals surface area (Å²) in [5, 5.41) is 3.36. The topological polar surface area (TPSA) is 55.1 Å². The monoisotopic (exact) mass is 317 g/mol. The Hall–Kier alpha value is -1.95. The van der Waals surface area contributed by atoms with Gasteiger partial charge in [0.25, 0.3) is 0 Å². The van der Waals surface area contributed by atoms with Crippen LogP contribution in [0.5, 0.6) is 0 Å². The molecule has 0 aliphatic rings. The summed E-state index contributed by atoms with van der Waals surface area (Å²) in [5.74, 6) is 0.746. The Bertz CT molecular complexity index is 695. The Morgan fingerprint density at radius 3 is 3.05 bits per heavy atom. The Morgan fingerprint density at radius 1 is 1.37 bits per heavy atom. The zero-order valence-corrected chi connectivity index (χ0v) is 11.9. The van der Waals surface area contributed by atoms with Crippen molar-refractivity contribution in [2.75, 3.05) is 5.32 Å². The molecule has 1 N–H and O–H groups in total. The standard InChI is InChI=1S/C13H12BrN5/c1-9(10-3-2-4-15-7-10)17-12-13-16-5-6-19(13)8-11(14)18-12/h2-9H,1H3,(H,17,18). The zero-order chi connectivity index (χ0) is 13.2. The number of imidazole rings is 1. The van der Waals surface area contributed by atoms with E-state index in [1.807, 2.05) is 35.1 Å². The Kier molecular flexibility index (Phi) is 3.16. The predicted octanol–water partition coefficient (Wildman–Crippen LogP) is 3.06. The van der Waals surface area contributed by atoms with Crippen LogP contribution in [0.4, 0.5) is 5.82 Å². The van der Waals surface area contributed by atoms with Crippen LogP contribution < -0.4 is 5.32 Å². The first kappa shape index (κ1) is 12.1. The van der Waals surface area contributed by atoms with Crippen LogP contribution in [0.3, 0.4) is 0 Å². The lowest BCUT2D eigenvalue weighted by molar-refractivity contribution is 0.862. The van der Waals surface area contributed by atoms with Crippen molar-refractivity contribution in [3.8, 4) is 0 Å². The highest BCUT2D eigenvalue weighted by atomic mass is 79.9. The zero-order valence-electron chi connectivity index (χ0n) is 10.3. The van der Waals surface area contributed by atoms with Gasteiger partial charge in [0.05, 0.1) is 6.04 Å². The van der Waals surface area contributed by atoms with Gasteiger partial charge in [0.15, 0.2) is 11.5 Å². The highest BCUT2D eigenvalue weighted by Crippen LogP contribution is 2.22. The average molecular weight is 318 g/mol. The molecule has 0 saturated carbocycles. The molecule has 1 atom stereocenters. The van der Waals surface area contributed by atoms with E-state index >= 15 is 0 Å². The molecule has 0 bridgehead atoms. The van der Waals surface area contributed by atoms with E-state index in [-0.39, 0.29) is 6.04 Å². The lowest BCUT2D eigenvalue weighted by atomic mass is 10.1. The van der Waals surface area contributed by atoms with Gasteiger partial charge >= 0.3 is 0 Å². The van der Waals surface area contributed by atoms with Crippen molar-refractivity contribution < 1.29 is 0 Å². The van der Waals surface area contributed by atoms with E-state index in [0.717, 1.165) is 21.6 Å². The highest BCUT2D eigenvalue weighted by Gasteiger charge is 2.11. The third-order valence-corrected chi connectivity index (χ3v) is 3.26. The van der Waals surface area contributed by atoms with Crippen molar-refractivity contribution in [1.82, 2.24) is 19.4 Å². The van der Waals surface area contributed by atoms with Crippen LogP contribution >= 0.6 is 15.9 Å². The van der Waals surface area contributed by atoms with Crippen LogP contribution in [-0.2, 0) is 0 Å². The van der Waals surface area contributed by atoms with Crippen molar-refractivity contribution in [3.63, 3.8) is 0 Å². The molecular formula is C13H12BrN5. The van der Waals surface area contributed by atoms with E-state index in [0.29, 0.717) is 0 Å². The number of aromatic nitrogens is 4. The van der Waals surface area contributed by atoms with Crippen molar-refractivity contribution in [3.05, 3.63) is 53.3 Å². The molecule has 0 amide bonds. The molecule has 0 aromatic carbocycles. The molecule has 0 aliphatic carbocycles. The second-order valence-electron chi connectivity index (χ2n) is 4.22. The number of nitrogens with one attached hydrogen (secondary N) is 1. The maximum Gasteiger partial charge on any atom is 0.180 e. The smallest absolute Gasteiger partial charge is 0.180 e. The number of halogens is 1. The first-order chi connectivity index (χ1) is 9.24. The number of hydrogen-bond acceptors (Lipinski definition) is 4. The number of rotatable bonds is 3. The van der Waals surface area contributed by atoms with E-state index in [1.54, 1.807) is 12.4 Å². The first-order valence-corrected chi connectivity index (χ1v) is 6.69. The molecule has 3 aromatic heterocycles. The third-order valence-electron chi connectivity index (χ3n) is 2.88. The molecule has 3 aromatic rings. The summed E-state index contributed by atoms with van der Waals surface area (Å²) < 4.78 is 2.69. The lowest BCUT2D eigenvalue weighted by Crippen LogP contribution is -2.09. The number of hydrogen-bond donors (Lipinski definition) is 1. The summed E-state index contributed by atoms with van der Waals surface area (Å²) in [5.41, 5.74) is 1.91. The van der Waals surface area contributed by atoms with Crippen LogP contribution in [0.25, 0.3) is 5.65 Å². The van der Waals surface area contributed by atoms with E-state index in [4.69, 9.17) is 0 Å². The fourth-order valence-corrected chi connectivity index (χ4v) is 2.32. The average Bonchev–Trinajstić information content (AvgIpc) is 2.88. The molecule has 1 unspecified atom stereocenters. The minimum atomic E-state index is 0.107. The SMILES string of the molecule is CC(Nc1nc(Br)cn2ccnc12)c1cccnc1. The van der Waals surface area contributed by atoms with Gasteiger partial charge in [-0.25, -0.2) is 9.97 Å². The molecule has 0 spiro atoms. The molecule has 0 radical (unpaired) electrons. The largest absolute Gasteiger partial charge is 0.360 e. The lowest BCUT2D eigenvalue weighted by Gasteiger charge is -2.15. The number of fused-ring (bicyclic) bond motifs is 1. The molecule has 0 saturated heterocycles. The van der Waals surface area contributed by atoms with Gasteiger partial charge < -0.3 is 9.72 Å². The molecule has 6 heteroatoms. The summed E-state index contributed by atoms with van der Waals surface area (Å²) in [6.45, 7) is 2.07. The van der Waals surface area contributed by atoms with Gasteiger partial charge in [0.1, 0.15) is 4.60 Å². The molecule has 3 heterocycles. The van der Waals surface area contributed by atoms with Crippen molar-refractivity contribution in [2.24, 2.45) is 0 Å². The van der Waals surface area contributed by atoms with Gasteiger partial charge in [0.2, 0.25) is 0 Å². The Labute approximate surface area is 118 Å². The minimum Gasteiger partial charge on any atom is -0.360 e. The fourth-order valence-electron chi connectivity index (χ4n) is 1.92. The summed E-state index contributed by atoms with van der Waals surface area (Å²) in [6.07, 6.45) is 9.13. The second kappa shape index (κ2) is 4.97. The Balaban J connectivity index is 1.95. The maximum atomic E-state index is 4.44. The van der Waals surface area contributed by atoms with Gasteiger partial charge in [-0.05, 0) is 34.5 Å². The summed E-state index contributed by atoms with van der Waals surface area (Å²) in [4.78, 5) is 12.9. The molecule has 19 heavy (non-hydrogen) atoms. The second-order valence-corrected chi connectivity index (χ2v) is 5.04. The molecule has 5 nitrogen and oxygen atoms in total. The van der Waals surface area contributed by atoms with E-state index in [2.05, 4.69) is 43.1 Å². The fraction of sp³-hybridized carbons (Fsp3) is 0.154. The summed E-state index contributed by atoms with van der Waals surface area (Å²) in [7, 11) is 0. The van der Waals surface area contributed by atoms with Crippen molar-refractivity contribution >= 4 is 27.4 Å². The van der Waals surface area contributed by atoms with Crippen LogP contribution in [-0.4, -0.2) is 19.4 Å². The van der Waals surface area contributed by atoms with Crippen LogP contribution in [0.15, 0.2) is 47.7 Å². The molecule has 96 valence electrons. The van der Waals surface area contributed by atoms with E-state index < -0.39 is 0 Å². The van der Waals surface area contributed by atoms with Crippen molar-refractivity contribution in [1.29, 1.82) is 0 Å². The quantitative estimate of drug-likeness (QED) is 0.806. The number of nitrogens with zero attached hydrogens (tertiary/aromatic N) is 4. The highest BCUT2D eigenvalue weighted by molar-refractivity contribution is 9.10. The maximum absolute atomic E-state index is 4.44. The molecule has 3 rings (SSSR count). The number of anilines is 1. The summed E-state index contributed by atoms with van der Waals surface area (Å²) >= 11 is 3.40. The predicted molar refractivity (Wildman–Crippen MR) is 77.0 cm³/mol. The first-order valence-electron chi connectivity index (χ1n) is 5.90. The summed E-state index contributed by atoms with van der Waals surface area (Å²) in [6, 6.07) is 4.06. The normalized spacial score (nSPS) is 12.5. The van der Waals surface area contributed by atoms with E-state index in [9.17, 15) is 0 Å². The van der Waals surface area contributed by atoms with Gasteiger partial charge in [-0.15, -0.1) is 0 Å². The van der Waals surface area contributed by atoms with Gasteiger partial charge in [-0.3, -0.25) is 4.98 Å². The van der Waals surface area contributed by atoms with Crippen LogP contribution in [0.2, 0.25) is 0 Å². The van der Waals surface area contributed by atoms with E-state index in [1.165, 1.54) is 0 Å².